The van der Waals surface area contributed by atoms with Gasteiger partial charge in [-0.25, -0.2) is 15.0 Å². The number of hydrogen-bond donors (Lipinski definition) is 0. The van der Waals surface area contributed by atoms with E-state index < -0.39 is 0 Å². The van der Waals surface area contributed by atoms with E-state index in [-0.39, 0.29) is 0 Å². The summed E-state index contributed by atoms with van der Waals surface area (Å²) in [6, 6.07) is 22.0. The number of rotatable bonds is 3. The van der Waals surface area contributed by atoms with E-state index in [9.17, 15) is 0 Å². The van der Waals surface area contributed by atoms with Crippen molar-refractivity contribution < 1.29 is 0 Å². The fourth-order valence-corrected chi connectivity index (χ4v) is 2.51. The molecule has 24 heavy (non-hydrogen) atoms. The monoisotopic (exact) mass is 310 g/mol. The summed E-state index contributed by atoms with van der Waals surface area (Å²) in [6.45, 7) is 0. The van der Waals surface area contributed by atoms with Crippen LogP contribution in [0.25, 0.3) is 33.9 Å². The minimum Gasteiger partial charge on any atom is -0.264 e. The maximum atomic E-state index is 4.58. The van der Waals surface area contributed by atoms with Gasteiger partial charge in [0.05, 0.1) is 0 Å². The third kappa shape index (κ3) is 2.90. The van der Waals surface area contributed by atoms with Gasteiger partial charge in [-0.3, -0.25) is 4.98 Å². The zero-order valence-electron chi connectivity index (χ0n) is 12.9. The SMILES string of the molecule is c1ccc(-c2ncnc(-c3ccc(-c4cccnc4)cc3)n2)cc1. The molecule has 0 N–H and O–H groups in total. The molecule has 0 aliphatic rings. The molecule has 0 spiro atoms. The van der Waals surface area contributed by atoms with E-state index in [1.165, 1.54) is 0 Å². The Bertz CT molecular complexity index is 936. The van der Waals surface area contributed by atoms with Gasteiger partial charge in [-0.15, -0.1) is 0 Å². The van der Waals surface area contributed by atoms with Gasteiger partial charge in [-0.1, -0.05) is 60.7 Å². The summed E-state index contributed by atoms with van der Waals surface area (Å²) >= 11 is 0. The molecule has 114 valence electrons. The van der Waals surface area contributed by atoms with Gasteiger partial charge in [0, 0.05) is 23.5 Å². The van der Waals surface area contributed by atoms with Gasteiger partial charge in [-0.05, 0) is 17.2 Å². The molecule has 0 atom stereocenters. The van der Waals surface area contributed by atoms with Crippen molar-refractivity contribution in [2.45, 2.75) is 0 Å². The molecule has 0 saturated carbocycles. The van der Waals surface area contributed by atoms with Crippen LogP contribution in [0, 0.1) is 0 Å². The Labute approximate surface area is 139 Å². The first-order valence-corrected chi connectivity index (χ1v) is 7.65. The Balaban J connectivity index is 1.67. The number of pyridine rings is 1. The molecule has 4 aromatic rings. The average Bonchev–Trinajstić information content (AvgIpc) is 2.70. The van der Waals surface area contributed by atoms with Crippen LogP contribution in [0.5, 0.6) is 0 Å². The molecule has 0 unspecified atom stereocenters. The minimum atomic E-state index is 0.668. The third-order valence-corrected chi connectivity index (χ3v) is 3.74. The Kier molecular flexibility index (Phi) is 3.78. The lowest BCUT2D eigenvalue weighted by atomic mass is 10.1. The van der Waals surface area contributed by atoms with E-state index in [2.05, 4.69) is 32.1 Å². The van der Waals surface area contributed by atoms with Crippen LogP contribution >= 0.6 is 0 Å². The topological polar surface area (TPSA) is 51.6 Å². The van der Waals surface area contributed by atoms with E-state index in [1.807, 2.05) is 60.8 Å². The summed E-state index contributed by atoms with van der Waals surface area (Å²) in [6.07, 6.45) is 5.18. The highest BCUT2D eigenvalue weighted by molar-refractivity contribution is 5.67. The quantitative estimate of drug-likeness (QED) is 0.567. The summed E-state index contributed by atoms with van der Waals surface area (Å²) in [7, 11) is 0. The molecule has 2 aromatic heterocycles. The lowest BCUT2D eigenvalue weighted by Gasteiger charge is -2.05. The van der Waals surface area contributed by atoms with Gasteiger partial charge in [0.15, 0.2) is 11.6 Å². The molecule has 0 aliphatic heterocycles. The first kappa shape index (κ1) is 14.2. The van der Waals surface area contributed by atoms with E-state index in [0.29, 0.717) is 11.6 Å². The van der Waals surface area contributed by atoms with Crippen LogP contribution < -0.4 is 0 Å². The molecular formula is C20H14N4. The number of nitrogens with zero attached hydrogens (tertiary/aromatic N) is 4. The average molecular weight is 310 g/mol. The van der Waals surface area contributed by atoms with Crippen LogP contribution in [-0.2, 0) is 0 Å². The number of benzene rings is 2. The molecule has 4 rings (SSSR count). The maximum Gasteiger partial charge on any atom is 0.163 e. The zero-order valence-corrected chi connectivity index (χ0v) is 12.9. The molecule has 4 heteroatoms. The smallest absolute Gasteiger partial charge is 0.163 e. The normalized spacial score (nSPS) is 10.5. The van der Waals surface area contributed by atoms with Gasteiger partial charge in [0.25, 0.3) is 0 Å². The van der Waals surface area contributed by atoms with Gasteiger partial charge in [-0.2, -0.15) is 0 Å². The second kappa shape index (κ2) is 6.38. The van der Waals surface area contributed by atoms with Crippen LogP contribution in [0.2, 0.25) is 0 Å². The van der Waals surface area contributed by atoms with Gasteiger partial charge in [0.1, 0.15) is 6.33 Å². The summed E-state index contributed by atoms with van der Waals surface area (Å²) in [5.74, 6) is 1.35. The minimum absolute atomic E-state index is 0.668. The fourth-order valence-electron chi connectivity index (χ4n) is 2.51. The zero-order chi connectivity index (χ0) is 16.2. The van der Waals surface area contributed by atoms with Crippen molar-refractivity contribution in [2.75, 3.05) is 0 Å². The molecule has 0 bridgehead atoms. The second-order valence-corrected chi connectivity index (χ2v) is 5.32. The molecule has 2 heterocycles. The Hall–Kier alpha value is -3.40. The number of aromatic nitrogens is 4. The Morgan fingerprint density at radius 2 is 1.17 bits per heavy atom. The highest BCUT2D eigenvalue weighted by Crippen LogP contribution is 2.23. The third-order valence-electron chi connectivity index (χ3n) is 3.74. The molecule has 0 saturated heterocycles. The van der Waals surface area contributed by atoms with Crippen LogP contribution in [0.15, 0.2) is 85.5 Å². The summed E-state index contributed by atoms with van der Waals surface area (Å²) in [5.41, 5.74) is 4.14. The summed E-state index contributed by atoms with van der Waals surface area (Å²) in [4.78, 5) is 17.3. The van der Waals surface area contributed by atoms with Crippen LogP contribution in [0.1, 0.15) is 0 Å². The Morgan fingerprint density at radius 3 is 1.83 bits per heavy atom. The van der Waals surface area contributed by atoms with E-state index >= 15 is 0 Å². The van der Waals surface area contributed by atoms with Crippen molar-refractivity contribution in [3.8, 4) is 33.9 Å². The Morgan fingerprint density at radius 1 is 0.542 bits per heavy atom. The molecular weight excluding hydrogens is 296 g/mol. The van der Waals surface area contributed by atoms with Crippen LogP contribution in [0.3, 0.4) is 0 Å². The van der Waals surface area contributed by atoms with Gasteiger partial charge in [0.2, 0.25) is 0 Å². The number of hydrogen-bond acceptors (Lipinski definition) is 4. The first-order valence-electron chi connectivity index (χ1n) is 7.65. The van der Waals surface area contributed by atoms with E-state index in [0.717, 1.165) is 22.3 Å². The van der Waals surface area contributed by atoms with Crippen molar-refractivity contribution in [3.05, 3.63) is 85.5 Å². The van der Waals surface area contributed by atoms with Crippen molar-refractivity contribution in [3.63, 3.8) is 0 Å². The molecule has 0 aliphatic carbocycles. The highest BCUT2D eigenvalue weighted by Gasteiger charge is 2.06. The summed E-state index contributed by atoms with van der Waals surface area (Å²) in [5, 5.41) is 0. The molecule has 0 radical (unpaired) electrons. The van der Waals surface area contributed by atoms with Crippen molar-refractivity contribution >= 4 is 0 Å². The highest BCUT2D eigenvalue weighted by atomic mass is 15.0. The predicted molar refractivity (Wildman–Crippen MR) is 93.9 cm³/mol. The lowest BCUT2D eigenvalue weighted by Crippen LogP contribution is -1.95. The van der Waals surface area contributed by atoms with Gasteiger partial charge >= 0.3 is 0 Å². The van der Waals surface area contributed by atoms with E-state index in [4.69, 9.17) is 0 Å². The lowest BCUT2D eigenvalue weighted by molar-refractivity contribution is 1.07. The fraction of sp³-hybridized carbons (Fsp3) is 0. The van der Waals surface area contributed by atoms with E-state index in [1.54, 1.807) is 12.5 Å². The summed E-state index contributed by atoms with van der Waals surface area (Å²) < 4.78 is 0. The van der Waals surface area contributed by atoms with Crippen molar-refractivity contribution in [1.82, 2.24) is 19.9 Å². The largest absolute Gasteiger partial charge is 0.264 e. The van der Waals surface area contributed by atoms with Crippen molar-refractivity contribution in [1.29, 1.82) is 0 Å². The predicted octanol–water partition coefficient (Wildman–Crippen LogP) is 4.27. The first-order chi connectivity index (χ1) is 11.9. The van der Waals surface area contributed by atoms with Gasteiger partial charge < -0.3 is 0 Å². The molecule has 0 amide bonds. The molecule has 4 nitrogen and oxygen atoms in total. The molecule has 0 fully saturated rings. The van der Waals surface area contributed by atoms with Crippen LogP contribution in [0.4, 0.5) is 0 Å². The second-order valence-electron chi connectivity index (χ2n) is 5.32. The standard InChI is InChI=1S/C20H14N4/c1-2-5-16(6-3-1)19-22-14-23-20(24-19)17-10-8-15(9-11-17)18-7-4-12-21-13-18/h1-14H. The molecule has 2 aromatic carbocycles. The van der Waals surface area contributed by atoms with Crippen molar-refractivity contribution in [2.24, 2.45) is 0 Å². The maximum absolute atomic E-state index is 4.58. The van der Waals surface area contributed by atoms with Crippen LogP contribution in [-0.4, -0.2) is 19.9 Å².